The fourth-order valence-electron chi connectivity index (χ4n) is 2.13. The molecule has 2 heterocycles. The Morgan fingerprint density at radius 1 is 1.10 bits per heavy atom. The van der Waals surface area contributed by atoms with Gasteiger partial charge in [-0.1, -0.05) is 12.1 Å². The number of hydrogen-bond donors (Lipinski definition) is 0. The van der Waals surface area contributed by atoms with Crippen molar-refractivity contribution >= 4 is 33.4 Å². The van der Waals surface area contributed by atoms with Crippen LogP contribution >= 0.6 is 11.7 Å². The lowest BCUT2D eigenvalue weighted by Gasteiger charge is -2.08. The zero-order chi connectivity index (χ0) is 14.9. The van der Waals surface area contributed by atoms with Gasteiger partial charge in [0.05, 0.1) is 16.6 Å². The van der Waals surface area contributed by atoms with Crippen molar-refractivity contribution < 1.29 is 8.42 Å². The molecule has 0 saturated carbocycles. The first-order chi connectivity index (χ1) is 10.1. The number of hydrogen-bond acceptors (Lipinski definition) is 6. The van der Waals surface area contributed by atoms with E-state index in [1.165, 1.54) is 6.26 Å². The highest BCUT2D eigenvalue weighted by Crippen LogP contribution is 2.30. The van der Waals surface area contributed by atoms with Crippen LogP contribution in [0.2, 0.25) is 0 Å². The van der Waals surface area contributed by atoms with Crippen LogP contribution in [0.3, 0.4) is 0 Å². The summed E-state index contributed by atoms with van der Waals surface area (Å²) in [5.41, 5.74) is 3.63. The van der Waals surface area contributed by atoms with E-state index < -0.39 is 9.84 Å². The van der Waals surface area contributed by atoms with Gasteiger partial charge in [0, 0.05) is 24.6 Å². The first-order valence-electron chi connectivity index (χ1n) is 6.38. The highest BCUT2D eigenvalue weighted by Gasteiger charge is 2.16. The second kappa shape index (κ2) is 5.50. The van der Waals surface area contributed by atoms with Crippen molar-refractivity contribution in [3.63, 3.8) is 0 Å². The Morgan fingerprint density at radius 3 is 2.43 bits per heavy atom. The third-order valence-electron chi connectivity index (χ3n) is 3.24. The van der Waals surface area contributed by atoms with Crippen LogP contribution in [0.4, 0.5) is 0 Å². The van der Waals surface area contributed by atoms with Gasteiger partial charge in [-0.25, -0.2) is 8.42 Å². The summed E-state index contributed by atoms with van der Waals surface area (Å²) in [6.45, 7) is 0.760. The molecular weight excluding hydrogens is 306 g/mol. The molecule has 0 saturated heterocycles. The Hall–Kier alpha value is -1.86. The standard InChI is InChI=1S/C14H13N3O2S2/c1-21(18,19)12-4-2-10(3-5-12)13-14(17-20-16-13)11-6-8-15-9-7-11/h2-6,8H,7,9H2,1H3. The van der Waals surface area contributed by atoms with E-state index in [9.17, 15) is 8.42 Å². The molecule has 1 aromatic heterocycles. The van der Waals surface area contributed by atoms with Crippen molar-refractivity contribution in [1.29, 1.82) is 0 Å². The van der Waals surface area contributed by atoms with Crippen LogP contribution in [0.5, 0.6) is 0 Å². The lowest BCUT2D eigenvalue weighted by atomic mass is 10.0. The molecule has 2 aromatic rings. The quantitative estimate of drug-likeness (QED) is 0.871. The zero-order valence-electron chi connectivity index (χ0n) is 11.4. The average molecular weight is 319 g/mol. The topological polar surface area (TPSA) is 72.3 Å². The van der Waals surface area contributed by atoms with Gasteiger partial charge in [-0.05, 0) is 30.2 Å². The number of aliphatic imine (C=N–C) groups is 1. The Kier molecular flexibility index (Phi) is 3.69. The van der Waals surface area contributed by atoms with E-state index in [2.05, 4.69) is 13.7 Å². The third kappa shape index (κ3) is 2.93. The van der Waals surface area contributed by atoms with E-state index in [1.54, 1.807) is 30.5 Å². The normalized spacial score (nSPS) is 15.0. The van der Waals surface area contributed by atoms with Crippen molar-refractivity contribution in [1.82, 2.24) is 8.75 Å². The summed E-state index contributed by atoms with van der Waals surface area (Å²) in [4.78, 5) is 4.47. The minimum Gasteiger partial charge on any atom is -0.293 e. The second-order valence-corrected chi connectivity index (χ2v) is 7.30. The van der Waals surface area contributed by atoms with Gasteiger partial charge < -0.3 is 0 Å². The summed E-state index contributed by atoms with van der Waals surface area (Å²) >= 11 is 1.16. The van der Waals surface area contributed by atoms with Crippen LogP contribution in [0.25, 0.3) is 16.8 Å². The van der Waals surface area contributed by atoms with Crippen molar-refractivity contribution in [2.75, 3.05) is 12.8 Å². The smallest absolute Gasteiger partial charge is 0.175 e. The summed E-state index contributed by atoms with van der Waals surface area (Å²) in [5, 5.41) is 0. The second-order valence-electron chi connectivity index (χ2n) is 4.76. The molecule has 0 spiro atoms. The molecule has 21 heavy (non-hydrogen) atoms. The van der Waals surface area contributed by atoms with Gasteiger partial charge in [0.2, 0.25) is 0 Å². The van der Waals surface area contributed by atoms with Gasteiger partial charge >= 0.3 is 0 Å². The fourth-order valence-corrected chi connectivity index (χ4v) is 3.36. The van der Waals surface area contributed by atoms with Crippen molar-refractivity contribution in [2.45, 2.75) is 11.3 Å². The molecule has 0 unspecified atom stereocenters. The number of nitrogens with zero attached hydrogens (tertiary/aromatic N) is 3. The van der Waals surface area contributed by atoms with E-state index in [0.29, 0.717) is 4.90 Å². The minimum atomic E-state index is -3.18. The summed E-state index contributed by atoms with van der Waals surface area (Å²) in [6.07, 6.45) is 5.78. The molecule has 108 valence electrons. The van der Waals surface area contributed by atoms with Crippen LogP contribution in [0.15, 0.2) is 40.2 Å². The molecular formula is C14H13N3O2S2. The fraction of sp³-hybridized carbons (Fsp3) is 0.214. The highest BCUT2D eigenvalue weighted by atomic mass is 32.2. The highest BCUT2D eigenvalue weighted by molar-refractivity contribution is 7.90. The number of dihydropyridines is 1. The molecule has 1 aliphatic rings. The SMILES string of the molecule is CS(=O)(=O)c1ccc(-c2nsnc2C2=CC=NCC2)cc1. The molecule has 0 aliphatic carbocycles. The number of sulfone groups is 1. The van der Waals surface area contributed by atoms with E-state index in [1.807, 2.05) is 6.08 Å². The van der Waals surface area contributed by atoms with E-state index in [-0.39, 0.29) is 0 Å². The molecule has 0 radical (unpaired) electrons. The van der Waals surface area contributed by atoms with Crippen molar-refractivity contribution in [3.05, 3.63) is 36.0 Å². The largest absolute Gasteiger partial charge is 0.293 e. The molecule has 0 N–H and O–H groups in total. The van der Waals surface area contributed by atoms with Crippen molar-refractivity contribution in [3.8, 4) is 11.3 Å². The lowest BCUT2D eigenvalue weighted by molar-refractivity contribution is 0.602. The Balaban J connectivity index is 2.00. The molecule has 1 aromatic carbocycles. The van der Waals surface area contributed by atoms with Gasteiger partial charge in [-0.3, -0.25) is 4.99 Å². The van der Waals surface area contributed by atoms with Gasteiger partial charge in [0.1, 0.15) is 11.4 Å². The first-order valence-corrected chi connectivity index (χ1v) is 9.00. The third-order valence-corrected chi connectivity index (χ3v) is 4.90. The molecule has 5 nitrogen and oxygen atoms in total. The molecule has 0 amide bonds. The maximum atomic E-state index is 11.5. The predicted octanol–water partition coefficient (Wildman–Crippen LogP) is 2.47. The maximum absolute atomic E-state index is 11.5. The van der Waals surface area contributed by atoms with E-state index in [0.717, 1.165) is 47.2 Å². The van der Waals surface area contributed by atoms with E-state index >= 15 is 0 Å². The predicted molar refractivity (Wildman–Crippen MR) is 84.4 cm³/mol. The lowest BCUT2D eigenvalue weighted by Crippen LogP contribution is -1.98. The van der Waals surface area contributed by atoms with Gasteiger partial charge in [0.15, 0.2) is 9.84 Å². The van der Waals surface area contributed by atoms with Crippen LogP contribution in [-0.2, 0) is 9.84 Å². The maximum Gasteiger partial charge on any atom is 0.175 e. The average Bonchev–Trinajstić information content (AvgIpc) is 2.97. The number of aromatic nitrogens is 2. The monoisotopic (exact) mass is 319 g/mol. The summed E-state index contributed by atoms with van der Waals surface area (Å²) < 4.78 is 31.7. The van der Waals surface area contributed by atoms with Crippen LogP contribution in [0.1, 0.15) is 12.1 Å². The van der Waals surface area contributed by atoms with Crippen LogP contribution in [0, 0.1) is 0 Å². The molecule has 7 heteroatoms. The van der Waals surface area contributed by atoms with Crippen molar-refractivity contribution in [2.24, 2.45) is 4.99 Å². The van der Waals surface area contributed by atoms with Crippen LogP contribution in [-0.4, -0.2) is 36.2 Å². The number of rotatable bonds is 3. The number of allylic oxidation sites excluding steroid dienone is 1. The van der Waals surface area contributed by atoms with Gasteiger partial charge in [-0.15, -0.1) is 0 Å². The van der Waals surface area contributed by atoms with Crippen LogP contribution < -0.4 is 0 Å². The molecule has 1 aliphatic heterocycles. The summed E-state index contributed by atoms with van der Waals surface area (Å²) in [5.74, 6) is 0. The van der Waals surface area contributed by atoms with E-state index in [4.69, 9.17) is 0 Å². The molecule has 3 rings (SSSR count). The molecule has 0 bridgehead atoms. The number of benzene rings is 1. The minimum absolute atomic E-state index is 0.306. The molecule has 0 atom stereocenters. The van der Waals surface area contributed by atoms with Gasteiger partial charge in [-0.2, -0.15) is 8.75 Å². The summed E-state index contributed by atoms with van der Waals surface area (Å²) in [6, 6.07) is 6.75. The Bertz CT molecular complexity index is 818. The Morgan fingerprint density at radius 2 is 1.81 bits per heavy atom. The zero-order valence-corrected chi connectivity index (χ0v) is 13.0. The summed E-state index contributed by atoms with van der Waals surface area (Å²) in [7, 11) is -3.18. The Labute approximate surface area is 127 Å². The first kappa shape index (κ1) is 14.1. The molecule has 0 fully saturated rings. The van der Waals surface area contributed by atoms with Gasteiger partial charge in [0.25, 0.3) is 0 Å².